The minimum atomic E-state index is -0.494. The Kier molecular flexibility index (Phi) is 6.59. The lowest BCUT2D eigenvalue weighted by Gasteiger charge is -2.13. The standard InChI is InChI=1S/C25H26O6/c1-14(2)20-12-21-19(11-25(28)31-23(21)8-15(20)3)13-30-24(27)10-18-9-17(16(4)26)6-7-22(18)29-5/h6-9,11-12,14H,10,13H2,1-5H3. The molecule has 0 aliphatic carbocycles. The summed E-state index contributed by atoms with van der Waals surface area (Å²) >= 11 is 0. The molecule has 2 aromatic carbocycles. The van der Waals surface area contributed by atoms with E-state index in [1.54, 1.807) is 18.2 Å². The molecule has 0 unspecified atom stereocenters. The Morgan fingerprint density at radius 3 is 2.45 bits per heavy atom. The number of ketones is 1. The Labute approximate surface area is 180 Å². The zero-order valence-electron chi connectivity index (χ0n) is 18.4. The number of aryl methyl sites for hydroxylation is 1. The summed E-state index contributed by atoms with van der Waals surface area (Å²) < 4.78 is 16.1. The second kappa shape index (κ2) is 9.16. The molecule has 0 amide bonds. The molecule has 6 nitrogen and oxygen atoms in total. The van der Waals surface area contributed by atoms with Crippen LogP contribution in [0.2, 0.25) is 0 Å². The molecule has 0 N–H and O–H groups in total. The van der Waals surface area contributed by atoms with Crippen LogP contribution in [0, 0.1) is 6.92 Å². The molecule has 6 heteroatoms. The number of fused-ring (bicyclic) bond motifs is 1. The van der Waals surface area contributed by atoms with Crippen LogP contribution in [-0.4, -0.2) is 18.9 Å². The normalized spacial score (nSPS) is 11.0. The van der Waals surface area contributed by atoms with Gasteiger partial charge in [0.1, 0.15) is 17.9 Å². The van der Waals surface area contributed by atoms with Crippen molar-refractivity contribution in [3.05, 3.63) is 74.6 Å². The molecular weight excluding hydrogens is 396 g/mol. The zero-order chi connectivity index (χ0) is 22.7. The predicted molar refractivity (Wildman–Crippen MR) is 118 cm³/mol. The Hall–Kier alpha value is -3.41. The number of ether oxygens (including phenoxy) is 2. The van der Waals surface area contributed by atoms with Gasteiger partial charge >= 0.3 is 11.6 Å². The van der Waals surface area contributed by atoms with Gasteiger partial charge in [0, 0.05) is 28.1 Å². The zero-order valence-corrected chi connectivity index (χ0v) is 18.4. The van der Waals surface area contributed by atoms with Crippen molar-refractivity contribution in [3.63, 3.8) is 0 Å². The van der Waals surface area contributed by atoms with E-state index in [-0.39, 0.29) is 18.8 Å². The summed E-state index contributed by atoms with van der Waals surface area (Å²) in [4.78, 5) is 36.2. The lowest BCUT2D eigenvalue weighted by atomic mass is 9.95. The number of hydrogen-bond donors (Lipinski definition) is 0. The van der Waals surface area contributed by atoms with Crippen LogP contribution in [0.4, 0.5) is 0 Å². The van der Waals surface area contributed by atoms with Crippen molar-refractivity contribution in [2.45, 2.75) is 46.6 Å². The van der Waals surface area contributed by atoms with Gasteiger partial charge in [0.2, 0.25) is 0 Å². The van der Waals surface area contributed by atoms with Crippen molar-refractivity contribution >= 4 is 22.7 Å². The van der Waals surface area contributed by atoms with Gasteiger partial charge < -0.3 is 13.9 Å². The monoisotopic (exact) mass is 422 g/mol. The fourth-order valence-electron chi connectivity index (χ4n) is 3.63. The molecular formula is C25H26O6. The fourth-order valence-corrected chi connectivity index (χ4v) is 3.63. The van der Waals surface area contributed by atoms with E-state index in [9.17, 15) is 14.4 Å². The van der Waals surface area contributed by atoms with E-state index in [2.05, 4.69) is 13.8 Å². The smallest absolute Gasteiger partial charge is 0.336 e. The van der Waals surface area contributed by atoms with Crippen LogP contribution in [0.5, 0.6) is 5.75 Å². The summed E-state index contributed by atoms with van der Waals surface area (Å²) in [6, 6.07) is 10.1. The third kappa shape index (κ3) is 5.02. The first-order valence-corrected chi connectivity index (χ1v) is 10.1. The lowest BCUT2D eigenvalue weighted by molar-refractivity contribution is -0.144. The maximum Gasteiger partial charge on any atom is 0.336 e. The molecule has 0 spiro atoms. The Balaban J connectivity index is 1.85. The molecule has 0 fully saturated rings. The molecule has 0 saturated heterocycles. The number of hydrogen-bond acceptors (Lipinski definition) is 6. The van der Waals surface area contributed by atoms with Crippen LogP contribution in [0.15, 0.2) is 45.6 Å². The van der Waals surface area contributed by atoms with Gasteiger partial charge in [0.25, 0.3) is 0 Å². The Morgan fingerprint density at radius 2 is 1.81 bits per heavy atom. The van der Waals surface area contributed by atoms with E-state index < -0.39 is 11.6 Å². The van der Waals surface area contributed by atoms with Gasteiger partial charge in [-0.25, -0.2) is 4.79 Å². The Morgan fingerprint density at radius 1 is 1.06 bits per heavy atom. The van der Waals surface area contributed by atoms with E-state index in [4.69, 9.17) is 13.9 Å². The molecule has 162 valence electrons. The average molecular weight is 422 g/mol. The van der Waals surface area contributed by atoms with E-state index >= 15 is 0 Å². The summed E-state index contributed by atoms with van der Waals surface area (Å²) in [5, 5.41) is 0.748. The van der Waals surface area contributed by atoms with Crippen LogP contribution < -0.4 is 10.4 Å². The van der Waals surface area contributed by atoms with Crippen molar-refractivity contribution in [2.24, 2.45) is 0 Å². The molecule has 3 aromatic rings. The van der Waals surface area contributed by atoms with E-state index in [1.165, 1.54) is 20.1 Å². The average Bonchev–Trinajstić information content (AvgIpc) is 2.71. The maximum absolute atomic E-state index is 12.5. The molecule has 0 aliphatic rings. The highest BCUT2D eigenvalue weighted by Gasteiger charge is 2.15. The SMILES string of the molecule is COc1ccc(C(C)=O)cc1CC(=O)OCc1cc(=O)oc2cc(C)c(C(C)C)cc12. The first kappa shape index (κ1) is 22.3. The predicted octanol–water partition coefficient (Wildman–Crippen LogP) is 4.72. The van der Waals surface area contributed by atoms with Crippen molar-refractivity contribution < 1.29 is 23.5 Å². The first-order valence-electron chi connectivity index (χ1n) is 10.1. The van der Waals surface area contributed by atoms with Crippen LogP contribution in [-0.2, 0) is 22.6 Å². The fraction of sp³-hybridized carbons (Fsp3) is 0.320. The number of rotatable bonds is 7. The van der Waals surface area contributed by atoms with Gasteiger partial charge in [-0.05, 0) is 61.2 Å². The second-order valence-corrected chi connectivity index (χ2v) is 7.87. The number of esters is 1. The topological polar surface area (TPSA) is 82.8 Å². The lowest BCUT2D eigenvalue weighted by Crippen LogP contribution is -2.11. The molecule has 31 heavy (non-hydrogen) atoms. The first-order chi connectivity index (χ1) is 14.7. The second-order valence-electron chi connectivity index (χ2n) is 7.87. The van der Waals surface area contributed by atoms with Crippen LogP contribution in [0.1, 0.15) is 59.3 Å². The third-order valence-electron chi connectivity index (χ3n) is 5.25. The van der Waals surface area contributed by atoms with E-state index in [1.807, 2.05) is 19.1 Å². The highest BCUT2D eigenvalue weighted by atomic mass is 16.5. The molecule has 1 aromatic heterocycles. The summed E-state index contributed by atoms with van der Waals surface area (Å²) in [6.45, 7) is 7.56. The van der Waals surface area contributed by atoms with Gasteiger partial charge in [-0.2, -0.15) is 0 Å². The highest BCUT2D eigenvalue weighted by molar-refractivity contribution is 5.94. The largest absolute Gasteiger partial charge is 0.496 e. The number of carbonyl (C=O) groups is 2. The molecule has 3 rings (SSSR count). The quantitative estimate of drug-likeness (QED) is 0.311. The van der Waals surface area contributed by atoms with Crippen molar-refractivity contribution in [2.75, 3.05) is 7.11 Å². The van der Waals surface area contributed by atoms with Crippen molar-refractivity contribution in [1.29, 1.82) is 0 Å². The van der Waals surface area contributed by atoms with Crippen LogP contribution in [0.3, 0.4) is 0 Å². The number of methoxy groups -OCH3 is 1. The minimum Gasteiger partial charge on any atom is -0.496 e. The van der Waals surface area contributed by atoms with Gasteiger partial charge in [-0.1, -0.05) is 13.8 Å². The summed E-state index contributed by atoms with van der Waals surface area (Å²) in [5.41, 5.74) is 3.80. The minimum absolute atomic E-state index is 0.0555. The summed E-state index contributed by atoms with van der Waals surface area (Å²) in [5.74, 6) is 0.213. The molecule has 0 bridgehead atoms. The summed E-state index contributed by atoms with van der Waals surface area (Å²) in [6.07, 6.45) is -0.0555. The van der Waals surface area contributed by atoms with Gasteiger partial charge in [0.15, 0.2) is 5.78 Å². The van der Waals surface area contributed by atoms with E-state index in [0.29, 0.717) is 33.9 Å². The molecule has 1 heterocycles. The van der Waals surface area contributed by atoms with Crippen LogP contribution >= 0.6 is 0 Å². The Bertz CT molecular complexity index is 1200. The summed E-state index contributed by atoms with van der Waals surface area (Å²) in [7, 11) is 1.50. The maximum atomic E-state index is 12.5. The molecule has 0 atom stereocenters. The van der Waals surface area contributed by atoms with Gasteiger partial charge in [-0.3, -0.25) is 9.59 Å². The number of carbonyl (C=O) groups excluding carboxylic acids is 2. The molecule has 0 saturated carbocycles. The van der Waals surface area contributed by atoms with Crippen molar-refractivity contribution in [3.8, 4) is 5.75 Å². The van der Waals surface area contributed by atoms with Gasteiger partial charge in [0.05, 0.1) is 13.5 Å². The van der Waals surface area contributed by atoms with Crippen LogP contribution in [0.25, 0.3) is 11.0 Å². The number of Topliss-reactive ketones (excluding diaryl/α,β-unsaturated/α-hetero) is 1. The van der Waals surface area contributed by atoms with E-state index in [0.717, 1.165) is 16.5 Å². The molecule has 0 aliphatic heterocycles. The van der Waals surface area contributed by atoms with Crippen molar-refractivity contribution in [1.82, 2.24) is 0 Å². The highest BCUT2D eigenvalue weighted by Crippen LogP contribution is 2.27. The third-order valence-corrected chi connectivity index (χ3v) is 5.25. The molecule has 0 radical (unpaired) electrons. The van der Waals surface area contributed by atoms with Gasteiger partial charge in [-0.15, -0.1) is 0 Å². The number of benzene rings is 2.